The Morgan fingerprint density at radius 3 is 2.78 bits per heavy atom. The Morgan fingerprint density at radius 2 is 2.07 bits per heavy atom. The zero-order chi connectivity index (χ0) is 19.1. The Kier molecular flexibility index (Phi) is 7.56. The highest BCUT2D eigenvalue weighted by molar-refractivity contribution is 7.80. The highest BCUT2D eigenvalue weighted by atomic mass is 35.5. The predicted molar refractivity (Wildman–Crippen MR) is 116 cm³/mol. The monoisotopic (exact) mass is 405 g/mol. The molecule has 1 saturated heterocycles. The summed E-state index contributed by atoms with van der Waals surface area (Å²) in [5.74, 6) is 0.916. The van der Waals surface area contributed by atoms with Crippen molar-refractivity contribution in [2.24, 2.45) is 0 Å². The molecule has 1 fully saturated rings. The molecule has 0 radical (unpaired) electrons. The van der Waals surface area contributed by atoms with E-state index in [0.717, 1.165) is 41.5 Å². The molecule has 3 rings (SSSR count). The van der Waals surface area contributed by atoms with Gasteiger partial charge in [0.15, 0.2) is 5.11 Å². The molecule has 2 aromatic rings. The molecule has 0 atom stereocenters. The largest absolute Gasteiger partial charge is 0.467 e. The summed E-state index contributed by atoms with van der Waals surface area (Å²) in [6.45, 7) is 7.12. The fraction of sp³-hybridized carbons (Fsp3) is 0.476. The Bertz CT molecular complexity index is 729. The molecule has 0 amide bonds. The predicted octanol–water partition coefficient (Wildman–Crippen LogP) is 5.32. The lowest BCUT2D eigenvalue weighted by Crippen LogP contribution is -2.37. The summed E-state index contributed by atoms with van der Waals surface area (Å²) >= 11 is 11.9. The average Bonchev–Trinajstić information content (AvgIpc) is 3.18. The van der Waals surface area contributed by atoms with Gasteiger partial charge in [-0.3, -0.25) is 0 Å². The van der Waals surface area contributed by atoms with E-state index in [9.17, 15) is 0 Å². The van der Waals surface area contributed by atoms with E-state index in [-0.39, 0.29) is 0 Å². The number of aryl methyl sites for hydroxylation is 1. The molecule has 0 bridgehead atoms. The molecular weight excluding hydrogens is 378 g/mol. The first kappa shape index (κ1) is 20.2. The van der Waals surface area contributed by atoms with Crippen LogP contribution in [0.3, 0.4) is 0 Å². The van der Waals surface area contributed by atoms with E-state index >= 15 is 0 Å². The second-order valence-electron chi connectivity index (χ2n) is 7.15. The van der Waals surface area contributed by atoms with Crippen LogP contribution in [0, 0.1) is 6.92 Å². The number of benzene rings is 1. The van der Waals surface area contributed by atoms with Gasteiger partial charge in [0.1, 0.15) is 5.76 Å². The number of likely N-dealkylation sites (tertiary alicyclic amines) is 1. The van der Waals surface area contributed by atoms with Crippen molar-refractivity contribution in [3.63, 3.8) is 0 Å². The number of hydrogen-bond acceptors (Lipinski definition) is 3. The SMILES string of the molecule is Cc1ccc(NC(=S)N(CCCN2CCCCC2)Cc2ccco2)cc1Cl. The third kappa shape index (κ3) is 6.23. The molecule has 6 heteroatoms. The first-order valence-electron chi connectivity index (χ1n) is 9.68. The second-order valence-corrected chi connectivity index (χ2v) is 7.94. The number of nitrogens with zero attached hydrogens (tertiary/aromatic N) is 2. The molecule has 4 nitrogen and oxygen atoms in total. The molecule has 0 spiro atoms. The van der Waals surface area contributed by atoms with Crippen molar-refractivity contribution >= 4 is 34.6 Å². The van der Waals surface area contributed by atoms with Gasteiger partial charge in [-0.1, -0.05) is 24.1 Å². The molecule has 2 heterocycles. The lowest BCUT2D eigenvalue weighted by atomic mass is 10.1. The van der Waals surface area contributed by atoms with Crippen LogP contribution >= 0.6 is 23.8 Å². The van der Waals surface area contributed by atoms with Crippen molar-refractivity contribution in [2.75, 3.05) is 31.5 Å². The second kappa shape index (κ2) is 10.1. The van der Waals surface area contributed by atoms with E-state index in [1.807, 2.05) is 37.3 Å². The molecule has 0 aliphatic carbocycles. The van der Waals surface area contributed by atoms with Crippen molar-refractivity contribution in [3.05, 3.63) is 52.9 Å². The van der Waals surface area contributed by atoms with E-state index < -0.39 is 0 Å². The smallest absolute Gasteiger partial charge is 0.173 e. The Balaban J connectivity index is 1.59. The third-order valence-corrected chi connectivity index (χ3v) is 5.76. The highest BCUT2D eigenvalue weighted by Crippen LogP contribution is 2.21. The number of furan rings is 1. The summed E-state index contributed by atoms with van der Waals surface area (Å²) in [4.78, 5) is 4.73. The molecule has 1 N–H and O–H groups in total. The number of rotatable bonds is 7. The van der Waals surface area contributed by atoms with E-state index in [1.165, 1.54) is 32.4 Å². The zero-order valence-electron chi connectivity index (χ0n) is 15.9. The maximum atomic E-state index is 6.24. The fourth-order valence-corrected chi connectivity index (χ4v) is 3.84. The van der Waals surface area contributed by atoms with Gasteiger partial charge >= 0.3 is 0 Å². The van der Waals surface area contributed by atoms with Crippen LogP contribution in [0.5, 0.6) is 0 Å². The van der Waals surface area contributed by atoms with Crippen LogP contribution in [0.15, 0.2) is 41.0 Å². The van der Waals surface area contributed by atoms with Crippen LogP contribution in [0.1, 0.15) is 37.0 Å². The topological polar surface area (TPSA) is 31.6 Å². The van der Waals surface area contributed by atoms with Gasteiger partial charge in [-0.15, -0.1) is 0 Å². The van der Waals surface area contributed by atoms with Crippen LogP contribution in [-0.4, -0.2) is 41.1 Å². The van der Waals surface area contributed by atoms with Crippen LogP contribution in [0.25, 0.3) is 0 Å². The van der Waals surface area contributed by atoms with Gasteiger partial charge in [0.25, 0.3) is 0 Å². The summed E-state index contributed by atoms with van der Waals surface area (Å²) < 4.78 is 5.53. The number of thiocarbonyl (C=S) groups is 1. The van der Waals surface area contributed by atoms with Crippen LogP contribution in [-0.2, 0) is 6.54 Å². The molecule has 1 aliphatic rings. The first-order chi connectivity index (χ1) is 13.1. The molecular formula is C21H28ClN3OS. The number of nitrogens with one attached hydrogen (secondary N) is 1. The minimum absolute atomic E-state index is 0.665. The van der Waals surface area contributed by atoms with Crippen molar-refractivity contribution in [2.45, 2.75) is 39.2 Å². The van der Waals surface area contributed by atoms with Crippen LogP contribution in [0.4, 0.5) is 5.69 Å². The Labute approximate surface area is 172 Å². The molecule has 1 aliphatic heterocycles. The molecule has 146 valence electrons. The van der Waals surface area contributed by atoms with Gasteiger partial charge in [0.2, 0.25) is 0 Å². The molecule has 0 saturated carbocycles. The zero-order valence-corrected chi connectivity index (χ0v) is 17.5. The average molecular weight is 406 g/mol. The maximum Gasteiger partial charge on any atom is 0.173 e. The quantitative estimate of drug-likeness (QED) is 0.630. The normalized spacial score (nSPS) is 14.9. The van der Waals surface area contributed by atoms with Crippen molar-refractivity contribution in [1.82, 2.24) is 9.80 Å². The number of piperidine rings is 1. The van der Waals surface area contributed by atoms with E-state index in [2.05, 4.69) is 15.1 Å². The fourth-order valence-electron chi connectivity index (χ4n) is 3.38. The third-order valence-electron chi connectivity index (χ3n) is 4.99. The lowest BCUT2D eigenvalue weighted by Gasteiger charge is -2.29. The standard InChI is InChI=1S/C21H28ClN3OS/c1-17-8-9-18(15-20(17)22)23-21(27)25(16-19-7-5-14-26-19)13-6-12-24-10-3-2-4-11-24/h5,7-9,14-15H,2-4,6,10-13,16H2,1H3,(H,23,27). The number of hydrogen-bond donors (Lipinski definition) is 1. The Hall–Kier alpha value is -1.56. The van der Waals surface area contributed by atoms with Crippen molar-refractivity contribution < 1.29 is 4.42 Å². The minimum Gasteiger partial charge on any atom is -0.467 e. The minimum atomic E-state index is 0.665. The lowest BCUT2D eigenvalue weighted by molar-refractivity contribution is 0.217. The summed E-state index contributed by atoms with van der Waals surface area (Å²) in [5.41, 5.74) is 1.97. The molecule has 0 unspecified atom stereocenters. The summed E-state index contributed by atoms with van der Waals surface area (Å²) in [7, 11) is 0. The maximum absolute atomic E-state index is 6.24. The molecule has 1 aromatic heterocycles. The van der Waals surface area contributed by atoms with Gasteiger partial charge in [0, 0.05) is 17.3 Å². The van der Waals surface area contributed by atoms with Gasteiger partial charge in [-0.2, -0.15) is 0 Å². The molecule has 27 heavy (non-hydrogen) atoms. The summed E-state index contributed by atoms with van der Waals surface area (Å²) in [5, 5.41) is 4.77. The van der Waals surface area contributed by atoms with Crippen molar-refractivity contribution in [3.8, 4) is 0 Å². The number of halogens is 1. The van der Waals surface area contributed by atoms with Gasteiger partial charge in [-0.25, -0.2) is 0 Å². The number of anilines is 1. The van der Waals surface area contributed by atoms with Gasteiger partial charge < -0.3 is 19.5 Å². The van der Waals surface area contributed by atoms with E-state index in [0.29, 0.717) is 11.7 Å². The van der Waals surface area contributed by atoms with Gasteiger partial charge in [-0.05, 0) is 87.9 Å². The van der Waals surface area contributed by atoms with Gasteiger partial charge in [0.05, 0.1) is 12.8 Å². The summed E-state index contributed by atoms with van der Waals surface area (Å²) in [6.07, 6.45) is 6.80. The Morgan fingerprint density at radius 1 is 1.26 bits per heavy atom. The van der Waals surface area contributed by atoms with Crippen molar-refractivity contribution in [1.29, 1.82) is 0 Å². The first-order valence-corrected chi connectivity index (χ1v) is 10.5. The van der Waals surface area contributed by atoms with Crippen LogP contribution in [0.2, 0.25) is 5.02 Å². The summed E-state index contributed by atoms with van der Waals surface area (Å²) in [6, 6.07) is 9.83. The van der Waals surface area contributed by atoms with E-state index in [1.54, 1.807) is 6.26 Å². The van der Waals surface area contributed by atoms with Crippen LogP contribution < -0.4 is 5.32 Å². The highest BCUT2D eigenvalue weighted by Gasteiger charge is 2.15. The molecule has 1 aromatic carbocycles. The van der Waals surface area contributed by atoms with E-state index in [4.69, 9.17) is 28.2 Å².